The molecule has 100 valence electrons. The zero-order chi connectivity index (χ0) is 13.5. The summed E-state index contributed by atoms with van der Waals surface area (Å²) in [6, 6.07) is 10.5. The first kappa shape index (κ1) is 12.0. The summed E-state index contributed by atoms with van der Waals surface area (Å²) in [6.45, 7) is 0. The third kappa shape index (κ3) is 1.92. The number of hydrogen-bond acceptors (Lipinski definition) is 4. The van der Waals surface area contributed by atoms with Gasteiger partial charge in [-0.3, -0.25) is 4.98 Å². The molecule has 0 bridgehead atoms. The minimum absolute atomic E-state index is 0.117. The molecule has 0 amide bonds. The smallest absolute Gasteiger partial charge is 0.123 e. The van der Waals surface area contributed by atoms with Crippen molar-refractivity contribution in [3.63, 3.8) is 0 Å². The highest BCUT2D eigenvalue weighted by atomic mass is 32.1. The fraction of sp³-hybridized carbons (Fsp3) is 0.250. The maximum Gasteiger partial charge on any atom is 0.123 e. The largest absolute Gasteiger partial charge is 0.323 e. The van der Waals surface area contributed by atoms with Crippen LogP contribution in [0.25, 0.3) is 21.5 Å². The zero-order valence-corrected chi connectivity index (χ0v) is 11.9. The molecule has 1 unspecified atom stereocenters. The molecule has 2 N–H and O–H groups in total. The summed E-state index contributed by atoms with van der Waals surface area (Å²) in [6.07, 6.45) is 5.17. The number of hydrogen-bond donors (Lipinski definition) is 1. The maximum absolute atomic E-state index is 6.16. The topological polar surface area (TPSA) is 51.8 Å². The van der Waals surface area contributed by atoms with E-state index in [0.717, 1.165) is 40.0 Å². The van der Waals surface area contributed by atoms with E-state index >= 15 is 0 Å². The first-order valence-corrected chi connectivity index (χ1v) is 7.73. The van der Waals surface area contributed by atoms with E-state index in [1.54, 1.807) is 11.3 Å². The summed E-state index contributed by atoms with van der Waals surface area (Å²) in [4.78, 5) is 10.5. The number of nitrogens with zero attached hydrogens (tertiary/aromatic N) is 2. The molecule has 2 heterocycles. The second-order valence-corrected chi connectivity index (χ2v) is 6.32. The van der Waals surface area contributed by atoms with Crippen molar-refractivity contribution in [2.75, 3.05) is 0 Å². The molecule has 0 spiro atoms. The van der Waals surface area contributed by atoms with Gasteiger partial charge in [0.05, 0.1) is 11.2 Å². The minimum Gasteiger partial charge on any atom is -0.323 e. The van der Waals surface area contributed by atoms with E-state index in [4.69, 9.17) is 10.7 Å². The predicted octanol–water partition coefficient (Wildman–Crippen LogP) is 3.69. The van der Waals surface area contributed by atoms with Gasteiger partial charge in [-0.15, -0.1) is 11.3 Å². The van der Waals surface area contributed by atoms with Crippen molar-refractivity contribution in [2.24, 2.45) is 5.73 Å². The predicted molar refractivity (Wildman–Crippen MR) is 82.7 cm³/mol. The molecule has 4 heteroatoms. The second kappa shape index (κ2) is 4.65. The summed E-state index contributed by atoms with van der Waals surface area (Å²) in [5.41, 5.74) is 9.46. The molecule has 0 fully saturated rings. The van der Waals surface area contributed by atoms with E-state index in [1.165, 1.54) is 11.3 Å². The lowest BCUT2D eigenvalue weighted by Crippen LogP contribution is -2.16. The Bertz CT molecular complexity index is 778. The van der Waals surface area contributed by atoms with Crippen LogP contribution in [-0.2, 0) is 6.42 Å². The van der Waals surface area contributed by atoms with Crippen LogP contribution in [0.3, 0.4) is 0 Å². The molecule has 2 aromatic heterocycles. The van der Waals surface area contributed by atoms with Gasteiger partial charge in [0.1, 0.15) is 5.01 Å². The summed E-state index contributed by atoms with van der Waals surface area (Å²) < 4.78 is 0. The van der Waals surface area contributed by atoms with Crippen LogP contribution in [0.5, 0.6) is 0 Å². The highest BCUT2D eigenvalue weighted by molar-refractivity contribution is 7.15. The minimum atomic E-state index is 0.117. The number of thiazole rings is 1. The van der Waals surface area contributed by atoms with E-state index in [2.05, 4.69) is 29.2 Å². The average molecular weight is 281 g/mol. The Kier molecular flexibility index (Phi) is 2.79. The number of aromatic nitrogens is 2. The van der Waals surface area contributed by atoms with Crippen molar-refractivity contribution in [1.82, 2.24) is 9.97 Å². The Morgan fingerprint density at radius 1 is 1.25 bits per heavy atom. The molecular weight excluding hydrogens is 266 g/mol. The lowest BCUT2D eigenvalue weighted by molar-refractivity contribution is 0.564. The number of nitrogens with two attached hydrogens (primary N) is 1. The Morgan fingerprint density at radius 3 is 3.10 bits per heavy atom. The van der Waals surface area contributed by atoms with Crippen LogP contribution in [0, 0.1) is 0 Å². The normalized spacial score (nSPS) is 18.1. The van der Waals surface area contributed by atoms with Crippen molar-refractivity contribution in [3.8, 4) is 10.6 Å². The van der Waals surface area contributed by atoms with Gasteiger partial charge in [0, 0.05) is 28.1 Å². The van der Waals surface area contributed by atoms with Gasteiger partial charge < -0.3 is 5.73 Å². The third-order valence-corrected chi connectivity index (χ3v) is 5.03. The van der Waals surface area contributed by atoms with Gasteiger partial charge in [-0.05, 0) is 43.5 Å². The number of pyridine rings is 1. The molecule has 1 atom stereocenters. The van der Waals surface area contributed by atoms with E-state index in [9.17, 15) is 0 Å². The van der Waals surface area contributed by atoms with Gasteiger partial charge in [-0.1, -0.05) is 6.07 Å². The molecule has 1 aliphatic rings. The molecule has 20 heavy (non-hydrogen) atoms. The highest BCUT2D eigenvalue weighted by Gasteiger charge is 2.22. The van der Waals surface area contributed by atoms with Gasteiger partial charge in [0.2, 0.25) is 0 Å². The fourth-order valence-corrected chi connectivity index (χ4v) is 3.95. The molecule has 1 aliphatic carbocycles. The average Bonchev–Trinajstić information content (AvgIpc) is 2.92. The molecule has 4 rings (SSSR count). The molecule has 0 saturated heterocycles. The van der Waals surface area contributed by atoms with E-state index in [-0.39, 0.29) is 6.04 Å². The number of fused-ring (bicyclic) bond motifs is 2. The van der Waals surface area contributed by atoms with Crippen molar-refractivity contribution in [2.45, 2.75) is 25.3 Å². The summed E-state index contributed by atoms with van der Waals surface area (Å²) in [5.74, 6) is 0. The van der Waals surface area contributed by atoms with Crippen LogP contribution in [-0.4, -0.2) is 9.97 Å². The van der Waals surface area contributed by atoms with Gasteiger partial charge in [0.15, 0.2) is 0 Å². The SMILES string of the molecule is NC1CCCc2sc(-c3ccc4ncccc4c3)nc21. The summed E-state index contributed by atoms with van der Waals surface area (Å²) >= 11 is 1.79. The van der Waals surface area contributed by atoms with Crippen LogP contribution in [0.4, 0.5) is 0 Å². The van der Waals surface area contributed by atoms with Gasteiger partial charge >= 0.3 is 0 Å². The van der Waals surface area contributed by atoms with Crippen LogP contribution >= 0.6 is 11.3 Å². The lowest BCUT2D eigenvalue weighted by atomic mass is 9.99. The van der Waals surface area contributed by atoms with Gasteiger partial charge in [-0.2, -0.15) is 0 Å². The first-order valence-electron chi connectivity index (χ1n) is 6.91. The second-order valence-electron chi connectivity index (χ2n) is 5.24. The summed E-state index contributed by atoms with van der Waals surface area (Å²) in [7, 11) is 0. The first-order chi connectivity index (χ1) is 9.81. The monoisotopic (exact) mass is 281 g/mol. The molecule has 3 nitrogen and oxygen atoms in total. The van der Waals surface area contributed by atoms with Crippen LogP contribution in [0.2, 0.25) is 0 Å². The van der Waals surface area contributed by atoms with Crippen molar-refractivity contribution < 1.29 is 0 Å². The lowest BCUT2D eigenvalue weighted by Gasteiger charge is -2.15. The third-order valence-electron chi connectivity index (χ3n) is 3.85. The van der Waals surface area contributed by atoms with Gasteiger partial charge in [-0.25, -0.2) is 4.98 Å². The maximum atomic E-state index is 6.16. The van der Waals surface area contributed by atoms with Gasteiger partial charge in [0.25, 0.3) is 0 Å². The highest BCUT2D eigenvalue weighted by Crippen LogP contribution is 2.36. The molecule has 1 aromatic carbocycles. The number of aryl methyl sites for hydroxylation is 1. The Labute approximate surface area is 121 Å². The quantitative estimate of drug-likeness (QED) is 0.740. The van der Waals surface area contributed by atoms with Crippen LogP contribution < -0.4 is 5.73 Å². The summed E-state index contributed by atoms with van der Waals surface area (Å²) in [5, 5.41) is 2.24. The van der Waals surface area contributed by atoms with Crippen molar-refractivity contribution in [1.29, 1.82) is 0 Å². The van der Waals surface area contributed by atoms with E-state index in [0.29, 0.717) is 0 Å². The number of rotatable bonds is 1. The Hall–Kier alpha value is -1.78. The Balaban J connectivity index is 1.83. The zero-order valence-electron chi connectivity index (χ0n) is 11.0. The molecule has 3 aromatic rings. The molecule has 0 radical (unpaired) electrons. The molecule has 0 saturated carbocycles. The van der Waals surface area contributed by atoms with Crippen molar-refractivity contribution >= 4 is 22.2 Å². The molecular formula is C16H15N3S. The standard InChI is InChI=1S/C16H15N3S/c17-12-4-1-5-14-15(12)19-16(20-14)11-6-7-13-10(9-11)3-2-8-18-13/h2-3,6-9,12H,1,4-5,17H2. The number of benzene rings is 1. The van der Waals surface area contributed by atoms with E-state index in [1.807, 2.05) is 12.3 Å². The van der Waals surface area contributed by atoms with Crippen molar-refractivity contribution in [3.05, 3.63) is 47.1 Å². The van der Waals surface area contributed by atoms with Crippen LogP contribution in [0.1, 0.15) is 29.5 Å². The fourth-order valence-electron chi connectivity index (χ4n) is 2.78. The Morgan fingerprint density at radius 2 is 2.20 bits per heavy atom. The molecule has 0 aliphatic heterocycles. The van der Waals surface area contributed by atoms with E-state index < -0.39 is 0 Å². The van der Waals surface area contributed by atoms with Crippen LogP contribution in [0.15, 0.2) is 36.5 Å².